The van der Waals surface area contributed by atoms with E-state index in [1.807, 2.05) is 12.2 Å². The normalized spacial score (nSPS) is 20.0. The summed E-state index contributed by atoms with van der Waals surface area (Å²) in [5.41, 5.74) is 0. The van der Waals surface area contributed by atoms with E-state index in [4.69, 9.17) is 24.0 Å². The van der Waals surface area contributed by atoms with E-state index < -0.39 is 57.1 Å². The van der Waals surface area contributed by atoms with Crippen molar-refractivity contribution in [2.75, 3.05) is 13.2 Å². The van der Waals surface area contributed by atoms with E-state index in [1.54, 1.807) is 12.2 Å². The van der Waals surface area contributed by atoms with Crippen LogP contribution in [0.3, 0.4) is 0 Å². The maximum atomic E-state index is 12.5. The summed E-state index contributed by atoms with van der Waals surface area (Å²) in [6, 6.07) is 0. The van der Waals surface area contributed by atoms with E-state index in [0.717, 1.165) is 38.5 Å². The third-order valence-corrected chi connectivity index (χ3v) is 10.9. The third kappa shape index (κ3) is 32.0. The number of phosphoric acid groups is 1. The standard InChI is InChI=1S/C45H81O12P/c1-3-5-7-8-9-10-11-12-13-14-15-16-17-18-19-20-21-22-27-31-43(48)54-36-39(37-55-58(51,52)53)56-44(49)32-28-24-23-26-30-40-41(47)35-45(50)57-42(40)34-33-38(46)29-25-6-4-2/h12-13,23,26,33-34,38-42,45-47,50H,3-11,14-22,24-25,27-32,35-37H2,1-2H3,(H2,51,52,53)/b13-12-,26-23-,34-33+/t38-,39+,40-,41-,42+,45?/m0/s1. The van der Waals surface area contributed by atoms with Gasteiger partial charge in [0.1, 0.15) is 6.61 Å². The zero-order valence-corrected chi connectivity index (χ0v) is 36.9. The number of esters is 2. The second-order valence-corrected chi connectivity index (χ2v) is 17.1. The second kappa shape index (κ2) is 35.8. The highest BCUT2D eigenvalue weighted by Crippen LogP contribution is 2.36. The van der Waals surface area contributed by atoms with E-state index in [2.05, 4.69) is 30.5 Å². The lowest BCUT2D eigenvalue weighted by Crippen LogP contribution is -2.43. The Morgan fingerprint density at radius 3 is 1.86 bits per heavy atom. The number of phosphoric ester groups is 1. The van der Waals surface area contributed by atoms with Crippen LogP contribution in [0.5, 0.6) is 0 Å². The van der Waals surface area contributed by atoms with Gasteiger partial charge in [0.2, 0.25) is 0 Å². The zero-order chi connectivity index (χ0) is 42.7. The van der Waals surface area contributed by atoms with Crippen LogP contribution in [0.2, 0.25) is 0 Å². The molecule has 0 aromatic carbocycles. The van der Waals surface area contributed by atoms with E-state index in [0.29, 0.717) is 32.1 Å². The Morgan fingerprint density at radius 2 is 1.24 bits per heavy atom. The first-order valence-corrected chi connectivity index (χ1v) is 24.2. The summed E-state index contributed by atoms with van der Waals surface area (Å²) in [5, 5.41) is 30.9. The average Bonchev–Trinajstić information content (AvgIpc) is 3.17. The summed E-state index contributed by atoms with van der Waals surface area (Å²) in [6.45, 7) is 3.36. The SMILES string of the molecule is CCCCCCCC/C=C\CCCCCCCCCCCC(=O)OC[C@H](COP(=O)(O)O)OC(=O)CCC/C=C\C[C@H]1[C@@H](O)CC(O)O[C@@H]1/C=C/[C@@H](O)CCCCC. The molecule has 1 heterocycles. The Kier molecular flexibility index (Phi) is 33.4. The molecular formula is C45H81O12P. The topological polar surface area (TPSA) is 189 Å². The number of carbonyl (C=O) groups is 2. The lowest BCUT2D eigenvalue weighted by molar-refractivity contribution is -0.199. The minimum absolute atomic E-state index is 0.0179. The van der Waals surface area contributed by atoms with Crippen molar-refractivity contribution < 1.29 is 58.0 Å². The molecule has 1 aliphatic rings. The number of hydrogen-bond acceptors (Lipinski definition) is 10. The number of aliphatic hydroxyl groups is 3. The van der Waals surface area contributed by atoms with E-state index in [1.165, 1.54) is 83.5 Å². The van der Waals surface area contributed by atoms with Crippen molar-refractivity contribution in [1.82, 2.24) is 0 Å². The van der Waals surface area contributed by atoms with Gasteiger partial charge in [0.05, 0.1) is 24.9 Å². The first-order chi connectivity index (χ1) is 27.9. The Morgan fingerprint density at radius 1 is 0.707 bits per heavy atom. The first kappa shape index (κ1) is 54.1. The smallest absolute Gasteiger partial charge is 0.462 e. The minimum Gasteiger partial charge on any atom is -0.462 e. The summed E-state index contributed by atoms with van der Waals surface area (Å²) < 4.78 is 32.1. The predicted octanol–water partition coefficient (Wildman–Crippen LogP) is 9.85. The zero-order valence-electron chi connectivity index (χ0n) is 36.0. The van der Waals surface area contributed by atoms with Crippen LogP contribution in [0.1, 0.15) is 187 Å². The molecule has 0 radical (unpaired) electrons. The molecule has 58 heavy (non-hydrogen) atoms. The highest BCUT2D eigenvalue weighted by molar-refractivity contribution is 7.46. The van der Waals surface area contributed by atoms with Gasteiger partial charge in [-0.3, -0.25) is 14.1 Å². The number of unbranched alkanes of at least 4 members (excludes halogenated alkanes) is 18. The Hall–Kier alpha value is -1.89. The molecule has 0 aliphatic carbocycles. The molecule has 5 N–H and O–H groups in total. The molecular weight excluding hydrogens is 763 g/mol. The fourth-order valence-electron chi connectivity index (χ4n) is 6.94. The number of hydrogen-bond donors (Lipinski definition) is 5. The lowest BCUT2D eigenvalue weighted by Gasteiger charge is -2.36. The Balaban J connectivity index is 2.27. The van der Waals surface area contributed by atoms with Gasteiger partial charge in [-0.2, -0.15) is 0 Å². The van der Waals surface area contributed by atoms with Crippen LogP contribution in [0.15, 0.2) is 36.5 Å². The number of aliphatic hydroxyl groups excluding tert-OH is 3. The maximum Gasteiger partial charge on any atom is 0.469 e. The van der Waals surface area contributed by atoms with Crippen LogP contribution in [0.4, 0.5) is 0 Å². The van der Waals surface area contributed by atoms with Crippen LogP contribution in [-0.4, -0.2) is 81.0 Å². The molecule has 1 aliphatic heterocycles. The quantitative estimate of drug-likeness (QED) is 0.0173. The second-order valence-electron chi connectivity index (χ2n) is 15.9. The molecule has 0 aromatic heterocycles. The number of carbonyl (C=O) groups excluding carboxylic acids is 2. The molecule has 0 aromatic rings. The molecule has 0 saturated carbocycles. The van der Waals surface area contributed by atoms with Gasteiger partial charge >= 0.3 is 19.8 Å². The molecule has 1 rings (SSSR count). The molecule has 13 heteroatoms. The predicted molar refractivity (Wildman–Crippen MR) is 229 cm³/mol. The van der Waals surface area contributed by atoms with Crippen molar-refractivity contribution >= 4 is 19.8 Å². The van der Waals surface area contributed by atoms with Crippen LogP contribution in [0.25, 0.3) is 0 Å². The number of allylic oxidation sites excluding steroid dienone is 4. The van der Waals surface area contributed by atoms with Crippen molar-refractivity contribution in [3.63, 3.8) is 0 Å². The minimum atomic E-state index is -4.84. The average molecular weight is 845 g/mol. The van der Waals surface area contributed by atoms with Gasteiger partial charge in [0, 0.05) is 25.2 Å². The van der Waals surface area contributed by atoms with E-state index in [9.17, 15) is 29.5 Å². The van der Waals surface area contributed by atoms with Gasteiger partial charge in [0.25, 0.3) is 0 Å². The number of rotatable bonds is 37. The first-order valence-electron chi connectivity index (χ1n) is 22.7. The summed E-state index contributed by atoms with van der Waals surface area (Å²) in [4.78, 5) is 43.2. The largest absolute Gasteiger partial charge is 0.469 e. The summed E-state index contributed by atoms with van der Waals surface area (Å²) in [7, 11) is -4.84. The molecule has 0 spiro atoms. The molecule has 1 fully saturated rings. The fourth-order valence-corrected chi connectivity index (χ4v) is 7.30. The lowest BCUT2D eigenvalue weighted by atomic mass is 9.87. The fraction of sp³-hybridized carbons (Fsp3) is 0.822. The highest BCUT2D eigenvalue weighted by atomic mass is 31.2. The van der Waals surface area contributed by atoms with Crippen LogP contribution >= 0.6 is 7.82 Å². The van der Waals surface area contributed by atoms with Crippen molar-refractivity contribution in [2.45, 2.75) is 218 Å². The van der Waals surface area contributed by atoms with Crippen molar-refractivity contribution in [1.29, 1.82) is 0 Å². The number of ether oxygens (including phenoxy) is 3. The monoisotopic (exact) mass is 845 g/mol. The highest BCUT2D eigenvalue weighted by Gasteiger charge is 2.35. The molecule has 0 amide bonds. The van der Waals surface area contributed by atoms with Gasteiger partial charge in [-0.25, -0.2) is 4.57 Å². The molecule has 6 atom stereocenters. The molecule has 12 nitrogen and oxygen atoms in total. The van der Waals surface area contributed by atoms with E-state index >= 15 is 0 Å². The molecule has 338 valence electrons. The van der Waals surface area contributed by atoms with Crippen molar-refractivity contribution in [2.24, 2.45) is 5.92 Å². The summed E-state index contributed by atoms with van der Waals surface area (Å²) >= 11 is 0. The Labute approximate surface area is 350 Å². The Bertz CT molecular complexity index is 1150. The van der Waals surface area contributed by atoms with Crippen LogP contribution in [-0.2, 0) is 32.9 Å². The summed E-state index contributed by atoms with van der Waals surface area (Å²) in [6.07, 6.45) is 33.4. The van der Waals surface area contributed by atoms with Gasteiger partial charge in [-0.05, 0) is 57.8 Å². The third-order valence-electron chi connectivity index (χ3n) is 10.4. The van der Waals surface area contributed by atoms with Crippen LogP contribution < -0.4 is 0 Å². The molecule has 1 unspecified atom stereocenters. The van der Waals surface area contributed by atoms with Gasteiger partial charge in [-0.15, -0.1) is 0 Å². The van der Waals surface area contributed by atoms with Crippen LogP contribution in [0, 0.1) is 5.92 Å². The van der Waals surface area contributed by atoms with Gasteiger partial charge in [-0.1, -0.05) is 147 Å². The van der Waals surface area contributed by atoms with Gasteiger partial charge < -0.3 is 39.3 Å². The van der Waals surface area contributed by atoms with E-state index in [-0.39, 0.29) is 31.8 Å². The van der Waals surface area contributed by atoms with Crippen molar-refractivity contribution in [3.05, 3.63) is 36.5 Å². The van der Waals surface area contributed by atoms with Gasteiger partial charge in [0.15, 0.2) is 12.4 Å². The van der Waals surface area contributed by atoms with Crippen molar-refractivity contribution in [3.8, 4) is 0 Å². The molecule has 1 saturated heterocycles. The maximum absolute atomic E-state index is 12.5. The molecule has 0 bridgehead atoms. The summed E-state index contributed by atoms with van der Waals surface area (Å²) in [5.74, 6) is -1.40.